The van der Waals surface area contributed by atoms with Gasteiger partial charge in [0.2, 0.25) is 11.8 Å². The molecule has 4 aromatic rings. The number of halogens is 2. The van der Waals surface area contributed by atoms with Crippen molar-refractivity contribution in [3.05, 3.63) is 90.6 Å². The first-order valence-corrected chi connectivity index (χ1v) is 13.1. The molecule has 0 bridgehead atoms. The van der Waals surface area contributed by atoms with Gasteiger partial charge in [0, 0.05) is 43.8 Å². The molecule has 0 saturated carbocycles. The third-order valence-corrected chi connectivity index (χ3v) is 6.93. The summed E-state index contributed by atoms with van der Waals surface area (Å²) in [5.41, 5.74) is 9.09. The third-order valence-electron chi connectivity index (χ3n) is 4.65. The first-order chi connectivity index (χ1) is 17.7. The predicted molar refractivity (Wildman–Crippen MR) is 169 cm³/mol. The summed E-state index contributed by atoms with van der Waals surface area (Å²) in [6, 6.07) is 14.9. The van der Waals surface area contributed by atoms with Crippen LogP contribution in [0.4, 0.5) is 11.6 Å². The van der Waals surface area contributed by atoms with Crippen molar-refractivity contribution >= 4 is 63.1 Å². The van der Waals surface area contributed by atoms with Gasteiger partial charge in [-0.1, -0.05) is 13.5 Å². The van der Waals surface area contributed by atoms with Gasteiger partial charge in [-0.3, -0.25) is 4.79 Å². The number of methoxy groups -OCH3 is 2. The van der Waals surface area contributed by atoms with Crippen molar-refractivity contribution in [2.24, 2.45) is 0 Å². The summed E-state index contributed by atoms with van der Waals surface area (Å²) in [6.45, 7) is 4.64. The Labute approximate surface area is 251 Å². The minimum atomic E-state index is 0. The van der Waals surface area contributed by atoms with E-state index in [9.17, 15) is 4.79 Å². The van der Waals surface area contributed by atoms with Crippen LogP contribution >= 0.6 is 45.2 Å². The van der Waals surface area contributed by atoms with E-state index in [4.69, 9.17) is 15.2 Å². The molecule has 0 amide bonds. The van der Waals surface area contributed by atoms with Crippen molar-refractivity contribution in [1.29, 1.82) is 0 Å². The molecule has 0 aliphatic carbocycles. The molecule has 0 unspecified atom stereocenters. The second kappa shape index (κ2) is 17.4. The minimum absolute atomic E-state index is 0. The zero-order valence-corrected chi connectivity index (χ0v) is 25.2. The third kappa shape index (κ3) is 11.5. The molecule has 9 nitrogen and oxygen atoms in total. The fourth-order valence-electron chi connectivity index (χ4n) is 2.62. The topological polar surface area (TPSA) is 125 Å². The maximum absolute atomic E-state index is 10.1. The Kier molecular flexibility index (Phi) is 15.1. The lowest BCUT2D eigenvalue weighted by atomic mass is 10.3. The second-order valence-electron chi connectivity index (χ2n) is 7.38. The van der Waals surface area contributed by atoms with Crippen LogP contribution in [-0.4, -0.2) is 40.4 Å². The molecule has 11 heteroatoms. The molecule has 0 saturated heterocycles. The van der Waals surface area contributed by atoms with E-state index < -0.39 is 0 Å². The summed E-state index contributed by atoms with van der Waals surface area (Å²) in [7, 11) is 3.14. The van der Waals surface area contributed by atoms with Gasteiger partial charge in [-0.05, 0) is 94.9 Å². The molecule has 0 spiro atoms. The van der Waals surface area contributed by atoms with E-state index in [1.807, 2.05) is 38.1 Å². The highest BCUT2D eigenvalue weighted by atomic mass is 127. The number of hydrogen-bond donors (Lipinski definition) is 2. The van der Waals surface area contributed by atoms with Gasteiger partial charge in [-0.25, -0.2) is 19.9 Å². The van der Waals surface area contributed by atoms with Gasteiger partial charge in [-0.2, -0.15) is 0 Å². The van der Waals surface area contributed by atoms with Crippen LogP contribution in [0.15, 0.2) is 60.9 Å². The number of carbonyl (C=O) groups is 1. The molecule has 4 rings (SSSR count). The monoisotopic (exact) mass is 742 g/mol. The van der Waals surface area contributed by atoms with E-state index in [1.54, 1.807) is 31.5 Å². The van der Waals surface area contributed by atoms with Gasteiger partial charge in [0.25, 0.3) is 0 Å². The summed E-state index contributed by atoms with van der Waals surface area (Å²) in [6.07, 6.45) is 4.00. The lowest BCUT2D eigenvalue weighted by Crippen LogP contribution is -2.03. The van der Waals surface area contributed by atoms with Gasteiger partial charge in [0.05, 0.1) is 25.6 Å². The Bertz CT molecular complexity index is 1270. The molecule has 0 aliphatic rings. The quantitative estimate of drug-likeness (QED) is 0.178. The van der Waals surface area contributed by atoms with Crippen LogP contribution in [0.2, 0.25) is 0 Å². The summed E-state index contributed by atoms with van der Waals surface area (Å²) < 4.78 is 12.1. The maximum Gasteiger partial charge on any atom is 0.212 e. The van der Waals surface area contributed by atoms with E-state index in [-0.39, 0.29) is 7.43 Å². The van der Waals surface area contributed by atoms with Crippen molar-refractivity contribution in [3.63, 3.8) is 0 Å². The zero-order chi connectivity index (χ0) is 27.2. The molecular weight excluding hydrogens is 710 g/mol. The van der Waals surface area contributed by atoms with Crippen LogP contribution in [0.3, 0.4) is 0 Å². The molecule has 0 aliphatic heterocycles. The minimum Gasteiger partial charge on any atom is -0.481 e. The van der Waals surface area contributed by atoms with E-state index in [0.29, 0.717) is 29.7 Å². The Morgan fingerprint density at radius 1 is 0.842 bits per heavy atom. The molecule has 3 N–H and O–H groups in total. The molecule has 4 aromatic heterocycles. The smallest absolute Gasteiger partial charge is 0.212 e. The fourth-order valence-corrected chi connectivity index (χ4v) is 3.22. The van der Waals surface area contributed by atoms with E-state index >= 15 is 0 Å². The number of aldehydes is 1. The van der Waals surface area contributed by atoms with E-state index in [0.717, 1.165) is 32.6 Å². The highest BCUT2D eigenvalue weighted by molar-refractivity contribution is 14.1. The first-order valence-electron chi connectivity index (χ1n) is 11.0. The number of pyridine rings is 4. The van der Waals surface area contributed by atoms with Crippen molar-refractivity contribution in [2.45, 2.75) is 27.8 Å². The molecule has 0 fully saturated rings. The number of nitrogen functional groups attached to an aromatic ring is 1. The van der Waals surface area contributed by atoms with Gasteiger partial charge in [0.15, 0.2) is 6.29 Å². The van der Waals surface area contributed by atoms with Crippen LogP contribution in [0.25, 0.3) is 0 Å². The van der Waals surface area contributed by atoms with Crippen LogP contribution in [0, 0.1) is 21.0 Å². The summed E-state index contributed by atoms with van der Waals surface area (Å²) in [5.74, 6) is 2.62. The number of nitrogens with two attached hydrogens (primary N) is 1. The van der Waals surface area contributed by atoms with E-state index in [1.165, 1.54) is 16.9 Å². The first kappa shape index (κ1) is 33.0. The second-order valence-corrected chi connectivity index (χ2v) is 9.71. The molecule has 38 heavy (non-hydrogen) atoms. The Hall–Kier alpha value is -3.07. The van der Waals surface area contributed by atoms with Crippen LogP contribution in [0.1, 0.15) is 34.7 Å². The molecule has 0 atom stereocenters. The van der Waals surface area contributed by atoms with Gasteiger partial charge >= 0.3 is 0 Å². The maximum atomic E-state index is 10.1. The fraction of sp³-hybridized carbons (Fsp3) is 0.222. The van der Waals surface area contributed by atoms with Gasteiger partial charge < -0.3 is 20.5 Å². The number of ether oxygens (including phenoxy) is 2. The molecule has 0 aromatic carbocycles. The molecule has 0 radical (unpaired) electrons. The average Bonchev–Trinajstić information content (AvgIpc) is 2.92. The number of rotatable bonds is 6. The summed E-state index contributed by atoms with van der Waals surface area (Å²) in [5, 5.41) is 3.27. The van der Waals surface area contributed by atoms with Crippen LogP contribution in [0.5, 0.6) is 11.8 Å². The van der Waals surface area contributed by atoms with Crippen molar-refractivity contribution < 1.29 is 14.3 Å². The Balaban J connectivity index is 0.000000307. The van der Waals surface area contributed by atoms with Gasteiger partial charge in [0.1, 0.15) is 11.6 Å². The van der Waals surface area contributed by atoms with Crippen LogP contribution in [-0.2, 0) is 6.54 Å². The predicted octanol–water partition coefficient (Wildman–Crippen LogP) is 6.13. The summed E-state index contributed by atoms with van der Waals surface area (Å²) >= 11 is 4.50. The zero-order valence-electron chi connectivity index (χ0n) is 20.9. The lowest BCUT2D eigenvalue weighted by Gasteiger charge is -2.07. The van der Waals surface area contributed by atoms with Gasteiger partial charge in [-0.15, -0.1) is 0 Å². The van der Waals surface area contributed by atoms with Crippen molar-refractivity contribution in [3.8, 4) is 11.8 Å². The largest absolute Gasteiger partial charge is 0.481 e. The average molecular weight is 742 g/mol. The number of aryl methyl sites for hydroxylation is 2. The molecular formula is C27H32I2N6O3. The number of nitrogens with one attached hydrogen (secondary N) is 1. The summed E-state index contributed by atoms with van der Waals surface area (Å²) in [4.78, 5) is 26.6. The Morgan fingerprint density at radius 2 is 1.42 bits per heavy atom. The number of carbonyl (C=O) groups excluding carboxylic acids is 1. The number of nitrogens with zero attached hydrogens (tertiary/aromatic N) is 4. The van der Waals surface area contributed by atoms with E-state index in [2.05, 4.69) is 76.5 Å². The normalized spacial score (nSPS) is 9.42. The van der Waals surface area contributed by atoms with Crippen molar-refractivity contribution in [1.82, 2.24) is 19.9 Å². The SMILES string of the molecule is C.COc1ccc(C=O)cn1.COc1ccc(CNc2ccc(I)c(C)n2)cn1.Cc1nc(N)ccc1I. The number of hydrogen-bond acceptors (Lipinski definition) is 9. The highest BCUT2D eigenvalue weighted by Gasteiger charge is 2.00. The molecule has 4 heterocycles. The Morgan fingerprint density at radius 3 is 1.87 bits per heavy atom. The molecule has 202 valence electrons. The standard InChI is InChI=1S/C13H14IN3O.C7H7NO2.C6H7IN2.CH4/c1-9-11(14)4-5-12(17-9)15-7-10-3-6-13(18-2)16-8-10;1-10-7-3-2-6(5-9)4-8-7;1-4-5(7)2-3-6(8)9-4;/h3-6,8H,7H2,1-2H3,(H,15,17);2-5H,1H3;2-3H,1H3,(H2,8,9);1H4. The van der Waals surface area contributed by atoms with Crippen molar-refractivity contribution in [2.75, 3.05) is 25.3 Å². The number of aromatic nitrogens is 4. The highest BCUT2D eigenvalue weighted by Crippen LogP contribution is 2.14. The van der Waals surface area contributed by atoms with Crippen LogP contribution < -0.4 is 20.5 Å². The number of anilines is 2. The lowest BCUT2D eigenvalue weighted by molar-refractivity contribution is 0.112.